The maximum Gasteiger partial charge on any atom is 0.148 e. The number of hydrogen-bond donors (Lipinski definition) is 2. The van der Waals surface area contributed by atoms with E-state index in [4.69, 9.17) is 5.73 Å². The van der Waals surface area contributed by atoms with Gasteiger partial charge in [-0.2, -0.15) is 5.10 Å². The van der Waals surface area contributed by atoms with Gasteiger partial charge in [-0.3, -0.25) is 5.10 Å². The Balaban J connectivity index is 1.92. The Labute approximate surface area is 91.4 Å². The van der Waals surface area contributed by atoms with Crippen LogP contribution in [0.1, 0.15) is 50.3 Å². The van der Waals surface area contributed by atoms with Gasteiger partial charge < -0.3 is 5.73 Å². The fraction of sp³-hybridized carbons (Fsp3) is 0.750. The van der Waals surface area contributed by atoms with Gasteiger partial charge in [-0.05, 0) is 25.2 Å². The van der Waals surface area contributed by atoms with Crippen molar-refractivity contribution in [1.29, 1.82) is 0 Å². The molecule has 1 heterocycles. The maximum atomic E-state index is 5.79. The summed E-state index contributed by atoms with van der Waals surface area (Å²) in [4.78, 5) is 0. The fourth-order valence-corrected chi connectivity index (χ4v) is 2.67. The molecule has 3 heteroatoms. The number of anilines is 1. The number of nitrogen functional groups attached to an aromatic ring is 1. The molecule has 1 fully saturated rings. The van der Waals surface area contributed by atoms with E-state index in [1.807, 2.05) is 0 Å². The van der Waals surface area contributed by atoms with E-state index in [2.05, 4.69) is 17.1 Å². The highest BCUT2D eigenvalue weighted by Gasteiger charge is 2.16. The highest BCUT2D eigenvalue weighted by molar-refractivity contribution is 5.41. The number of hydrogen-bond acceptors (Lipinski definition) is 2. The molecule has 1 aliphatic carbocycles. The Bertz CT molecular complexity index is 311. The zero-order valence-corrected chi connectivity index (χ0v) is 9.55. The van der Waals surface area contributed by atoms with E-state index < -0.39 is 0 Å². The minimum Gasteiger partial charge on any atom is -0.382 e. The topological polar surface area (TPSA) is 54.7 Å². The molecule has 0 bridgehead atoms. The predicted octanol–water partition coefficient (Wildman–Crippen LogP) is 2.68. The molecule has 0 atom stereocenters. The van der Waals surface area contributed by atoms with Crippen LogP contribution in [-0.2, 0) is 12.8 Å². The van der Waals surface area contributed by atoms with Crippen molar-refractivity contribution < 1.29 is 0 Å². The average molecular weight is 207 g/mol. The van der Waals surface area contributed by atoms with Crippen LogP contribution < -0.4 is 5.73 Å². The second-order valence-electron chi connectivity index (χ2n) is 4.61. The molecule has 3 N–H and O–H groups in total. The van der Waals surface area contributed by atoms with E-state index in [1.165, 1.54) is 43.4 Å². The average Bonchev–Trinajstić information content (AvgIpc) is 2.84. The number of nitrogens with one attached hydrogen (secondary N) is 1. The Hall–Kier alpha value is -0.990. The molecule has 1 saturated carbocycles. The van der Waals surface area contributed by atoms with Crippen molar-refractivity contribution in [1.82, 2.24) is 10.2 Å². The number of rotatable bonds is 4. The van der Waals surface area contributed by atoms with Crippen LogP contribution in [0.3, 0.4) is 0 Å². The summed E-state index contributed by atoms with van der Waals surface area (Å²) in [5.74, 6) is 1.64. The smallest absolute Gasteiger partial charge is 0.148 e. The van der Waals surface area contributed by atoms with E-state index in [1.54, 1.807) is 0 Å². The number of nitrogens with two attached hydrogens (primary N) is 1. The molecule has 1 aromatic heterocycles. The Morgan fingerprint density at radius 2 is 2.13 bits per heavy atom. The first-order valence-corrected chi connectivity index (χ1v) is 6.12. The van der Waals surface area contributed by atoms with Crippen LogP contribution in [0.4, 0.5) is 5.82 Å². The minimum absolute atomic E-state index is 0.693. The third kappa shape index (κ3) is 2.33. The molecule has 0 unspecified atom stereocenters. The zero-order chi connectivity index (χ0) is 10.7. The minimum atomic E-state index is 0.693. The van der Waals surface area contributed by atoms with Crippen molar-refractivity contribution in [2.45, 2.75) is 51.9 Å². The lowest BCUT2D eigenvalue weighted by Gasteiger charge is -2.08. The Morgan fingerprint density at radius 3 is 2.80 bits per heavy atom. The van der Waals surface area contributed by atoms with Gasteiger partial charge >= 0.3 is 0 Å². The van der Waals surface area contributed by atoms with Crippen LogP contribution >= 0.6 is 0 Å². The van der Waals surface area contributed by atoms with Crippen LogP contribution in [0, 0.1) is 5.92 Å². The fourth-order valence-electron chi connectivity index (χ4n) is 2.67. The van der Waals surface area contributed by atoms with E-state index in [9.17, 15) is 0 Å². The second-order valence-corrected chi connectivity index (χ2v) is 4.61. The maximum absolute atomic E-state index is 5.79. The van der Waals surface area contributed by atoms with Gasteiger partial charge in [-0.1, -0.05) is 32.6 Å². The molecule has 0 aromatic carbocycles. The second kappa shape index (κ2) is 4.69. The summed E-state index contributed by atoms with van der Waals surface area (Å²) in [6.07, 6.45) is 9.11. The van der Waals surface area contributed by atoms with Crippen molar-refractivity contribution in [3.8, 4) is 0 Å². The molecule has 15 heavy (non-hydrogen) atoms. The van der Waals surface area contributed by atoms with Crippen LogP contribution in [-0.4, -0.2) is 10.2 Å². The molecular weight excluding hydrogens is 186 g/mol. The van der Waals surface area contributed by atoms with Gasteiger partial charge in [0.25, 0.3) is 0 Å². The van der Waals surface area contributed by atoms with E-state index in [0.29, 0.717) is 5.82 Å². The first kappa shape index (κ1) is 10.5. The molecule has 84 valence electrons. The molecule has 2 rings (SSSR count). The lowest BCUT2D eigenvalue weighted by molar-refractivity contribution is 0.499. The van der Waals surface area contributed by atoms with Crippen LogP contribution in [0.25, 0.3) is 0 Å². The summed E-state index contributed by atoms with van der Waals surface area (Å²) in [5, 5.41) is 7.16. The molecule has 3 nitrogen and oxygen atoms in total. The van der Waals surface area contributed by atoms with Crippen LogP contribution in [0.5, 0.6) is 0 Å². The normalized spacial score (nSPS) is 17.4. The highest BCUT2D eigenvalue weighted by Crippen LogP contribution is 2.29. The molecule has 1 aliphatic rings. The Kier molecular flexibility index (Phi) is 3.29. The SMILES string of the molecule is CCc1c(N)n[nH]c1CCC1CCCC1. The van der Waals surface area contributed by atoms with Gasteiger partial charge in [-0.15, -0.1) is 0 Å². The van der Waals surface area contributed by atoms with Crippen molar-refractivity contribution in [2.24, 2.45) is 5.92 Å². The summed E-state index contributed by atoms with van der Waals surface area (Å²) < 4.78 is 0. The van der Waals surface area contributed by atoms with Crippen molar-refractivity contribution in [2.75, 3.05) is 5.73 Å². The van der Waals surface area contributed by atoms with E-state index >= 15 is 0 Å². The van der Waals surface area contributed by atoms with Crippen molar-refractivity contribution in [3.05, 3.63) is 11.3 Å². The number of aromatic nitrogens is 2. The summed E-state index contributed by atoms with van der Waals surface area (Å²) in [7, 11) is 0. The highest BCUT2D eigenvalue weighted by atomic mass is 15.2. The molecule has 0 saturated heterocycles. The summed E-state index contributed by atoms with van der Waals surface area (Å²) >= 11 is 0. The largest absolute Gasteiger partial charge is 0.382 e. The standard InChI is InChI=1S/C12H21N3/c1-2-10-11(14-15-12(10)13)8-7-9-5-3-4-6-9/h9H,2-8H2,1H3,(H3,13,14,15). The lowest BCUT2D eigenvalue weighted by Crippen LogP contribution is -1.99. The third-order valence-corrected chi connectivity index (χ3v) is 3.62. The Morgan fingerprint density at radius 1 is 1.40 bits per heavy atom. The molecule has 1 aromatic rings. The van der Waals surface area contributed by atoms with Crippen LogP contribution in [0.15, 0.2) is 0 Å². The van der Waals surface area contributed by atoms with Gasteiger partial charge in [0.15, 0.2) is 0 Å². The number of aromatic amines is 1. The number of aryl methyl sites for hydroxylation is 1. The summed E-state index contributed by atoms with van der Waals surface area (Å²) in [6, 6.07) is 0. The molecule has 0 radical (unpaired) electrons. The lowest BCUT2D eigenvalue weighted by atomic mass is 9.99. The summed E-state index contributed by atoms with van der Waals surface area (Å²) in [5.41, 5.74) is 8.29. The molecule has 0 aliphatic heterocycles. The van der Waals surface area contributed by atoms with Crippen LogP contribution in [0.2, 0.25) is 0 Å². The quantitative estimate of drug-likeness (QED) is 0.797. The van der Waals surface area contributed by atoms with E-state index in [-0.39, 0.29) is 0 Å². The number of H-pyrrole nitrogens is 1. The van der Waals surface area contributed by atoms with Gasteiger partial charge in [0.1, 0.15) is 5.82 Å². The van der Waals surface area contributed by atoms with Gasteiger partial charge in [-0.25, -0.2) is 0 Å². The number of nitrogens with zero attached hydrogens (tertiary/aromatic N) is 1. The first-order chi connectivity index (χ1) is 7.31. The third-order valence-electron chi connectivity index (χ3n) is 3.62. The van der Waals surface area contributed by atoms with Gasteiger partial charge in [0, 0.05) is 11.3 Å². The van der Waals surface area contributed by atoms with E-state index in [0.717, 1.165) is 18.8 Å². The molecular formula is C12H21N3. The predicted molar refractivity (Wildman–Crippen MR) is 62.7 cm³/mol. The van der Waals surface area contributed by atoms with Crippen molar-refractivity contribution in [3.63, 3.8) is 0 Å². The van der Waals surface area contributed by atoms with Crippen molar-refractivity contribution >= 4 is 5.82 Å². The summed E-state index contributed by atoms with van der Waals surface area (Å²) in [6.45, 7) is 2.14. The first-order valence-electron chi connectivity index (χ1n) is 6.12. The molecule has 0 amide bonds. The monoisotopic (exact) mass is 207 g/mol. The zero-order valence-electron chi connectivity index (χ0n) is 9.55. The van der Waals surface area contributed by atoms with Gasteiger partial charge in [0.05, 0.1) is 0 Å². The van der Waals surface area contributed by atoms with Gasteiger partial charge in [0.2, 0.25) is 0 Å². The molecule has 0 spiro atoms.